The number of fused-ring (bicyclic) bond motifs is 1. The summed E-state index contributed by atoms with van der Waals surface area (Å²) in [5.41, 5.74) is 0.304. The molecule has 2 rings (SSSR count). The van der Waals surface area contributed by atoms with Gasteiger partial charge in [-0.3, -0.25) is 0 Å². The van der Waals surface area contributed by atoms with E-state index in [0.717, 1.165) is 18.6 Å². The van der Waals surface area contributed by atoms with Crippen molar-refractivity contribution in [1.29, 1.82) is 0 Å². The van der Waals surface area contributed by atoms with Crippen molar-refractivity contribution in [1.82, 2.24) is 0 Å². The van der Waals surface area contributed by atoms with Crippen molar-refractivity contribution in [3.8, 4) is 0 Å². The van der Waals surface area contributed by atoms with Gasteiger partial charge in [-0.1, -0.05) is 33.8 Å². The summed E-state index contributed by atoms with van der Waals surface area (Å²) in [4.78, 5) is 13.5. The van der Waals surface area contributed by atoms with Crippen LogP contribution in [0.1, 0.15) is 64.5 Å². The van der Waals surface area contributed by atoms with Crippen LogP contribution in [-0.2, 0) is 15.7 Å². The predicted molar refractivity (Wildman–Crippen MR) is 102 cm³/mol. The minimum Gasteiger partial charge on any atom is -0.479 e. The monoisotopic (exact) mass is 399 g/mol. The van der Waals surface area contributed by atoms with Crippen molar-refractivity contribution < 1.29 is 27.8 Å². The lowest BCUT2D eigenvalue weighted by molar-refractivity contribution is -0.137. The molecule has 0 spiro atoms. The Bertz CT molecular complexity index is 763. The van der Waals surface area contributed by atoms with E-state index in [2.05, 4.69) is 20.8 Å². The van der Waals surface area contributed by atoms with Crippen LogP contribution in [0, 0.1) is 5.41 Å². The third-order valence-corrected chi connectivity index (χ3v) is 4.84. The van der Waals surface area contributed by atoms with E-state index in [9.17, 15) is 23.1 Å². The topological polar surface area (TPSA) is 49.8 Å². The van der Waals surface area contributed by atoms with Crippen LogP contribution in [0.2, 0.25) is 0 Å². The average Bonchev–Trinajstić information content (AvgIpc) is 2.55. The molecule has 0 aromatic heterocycles. The van der Waals surface area contributed by atoms with Crippen LogP contribution in [0.25, 0.3) is 0 Å². The summed E-state index contributed by atoms with van der Waals surface area (Å²) >= 11 is 0. The number of carboxylic acid groups (broad SMARTS) is 1. The number of aliphatic carboxylic acids is 1. The highest BCUT2D eigenvalue weighted by Gasteiger charge is 2.38. The number of anilines is 1. The van der Waals surface area contributed by atoms with Gasteiger partial charge in [0.1, 0.15) is 5.57 Å². The molecule has 1 aliphatic heterocycles. The Morgan fingerprint density at radius 1 is 1.25 bits per heavy atom. The second-order valence-electron chi connectivity index (χ2n) is 8.27. The Morgan fingerprint density at radius 3 is 2.39 bits per heavy atom. The third-order valence-electron chi connectivity index (χ3n) is 4.84. The maximum absolute atomic E-state index is 13.3. The van der Waals surface area contributed by atoms with Crippen LogP contribution < -0.4 is 4.90 Å². The first-order valence-electron chi connectivity index (χ1n) is 9.45. The Kier molecular flexibility index (Phi) is 6.36. The molecule has 1 aromatic carbocycles. The zero-order valence-corrected chi connectivity index (χ0v) is 17.0. The fourth-order valence-corrected chi connectivity index (χ4v) is 3.47. The summed E-state index contributed by atoms with van der Waals surface area (Å²) in [6.45, 7) is 10.3. The molecule has 0 saturated carbocycles. The highest BCUT2D eigenvalue weighted by atomic mass is 19.4. The zero-order valence-electron chi connectivity index (χ0n) is 17.0. The van der Waals surface area contributed by atoms with Gasteiger partial charge in [-0.2, -0.15) is 13.2 Å². The molecule has 156 valence electrons. The van der Waals surface area contributed by atoms with E-state index in [1.54, 1.807) is 18.7 Å². The summed E-state index contributed by atoms with van der Waals surface area (Å²) in [6.07, 6.45) is -2.94. The second-order valence-corrected chi connectivity index (χ2v) is 8.27. The number of hydrogen-bond donors (Lipinski definition) is 1. The number of alkyl halides is 3. The maximum Gasteiger partial charge on any atom is 0.416 e. The first-order valence-corrected chi connectivity index (χ1v) is 9.45. The van der Waals surface area contributed by atoms with Gasteiger partial charge in [-0.15, -0.1) is 0 Å². The Morgan fingerprint density at radius 2 is 1.89 bits per heavy atom. The van der Waals surface area contributed by atoms with E-state index in [1.807, 2.05) is 0 Å². The van der Waals surface area contributed by atoms with Gasteiger partial charge < -0.3 is 14.7 Å². The van der Waals surface area contributed by atoms with Crippen LogP contribution in [0.15, 0.2) is 29.7 Å². The van der Waals surface area contributed by atoms with Crippen molar-refractivity contribution in [3.63, 3.8) is 0 Å². The number of ether oxygens (including phenoxy) is 1. The highest BCUT2D eigenvalue weighted by Crippen LogP contribution is 2.44. The van der Waals surface area contributed by atoms with Gasteiger partial charge in [0.2, 0.25) is 5.88 Å². The van der Waals surface area contributed by atoms with Gasteiger partial charge in [0.25, 0.3) is 0 Å². The first-order chi connectivity index (χ1) is 12.9. The van der Waals surface area contributed by atoms with Crippen LogP contribution in [0.5, 0.6) is 0 Å². The van der Waals surface area contributed by atoms with Gasteiger partial charge in [-0.25, -0.2) is 4.79 Å². The highest BCUT2D eigenvalue weighted by molar-refractivity contribution is 5.92. The molecule has 1 atom stereocenters. The lowest BCUT2D eigenvalue weighted by Crippen LogP contribution is -2.35. The minimum absolute atomic E-state index is 0.0604. The van der Waals surface area contributed by atoms with Crippen molar-refractivity contribution in [2.75, 3.05) is 18.1 Å². The summed E-state index contributed by atoms with van der Waals surface area (Å²) in [5, 5.41) is 9.74. The van der Waals surface area contributed by atoms with E-state index in [-0.39, 0.29) is 23.5 Å². The molecule has 0 radical (unpaired) electrons. The lowest BCUT2D eigenvalue weighted by Gasteiger charge is -2.37. The van der Waals surface area contributed by atoms with Crippen molar-refractivity contribution >= 4 is 11.7 Å². The largest absolute Gasteiger partial charge is 0.479 e. The average molecular weight is 399 g/mol. The smallest absolute Gasteiger partial charge is 0.416 e. The van der Waals surface area contributed by atoms with Gasteiger partial charge >= 0.3 is 12.1 Å². The number of rotatable bonds is 6. The van der Waals surface area contributed by atoms with Gasteiger partial charge in [0, 0.05) is 18.2 Å². The van der Waals surface area contributed by atoms with Crippen molar-refractivity contribution in [2.24, 2.45) is 5.41 Å². The van der Waals surface area contributed by atoms with Gasteiger partial charge in [-0.05, 0) is 42.9 Å². The maximum atomic E-state index is 13.3. The van der Waals surface area contributed by atoms with Gasteiger partial charge in [0.15, 0.2) is 0 Å². The number of halogens is 3. The van der Waals surface area contributed by atoms with E-state index in [4.69, 9.17) is 4.74 Å². The molecule has 1 unspecified atom stereocenters. The summed E-state index contributed by atoms with van der Waals surface area (Å²) in [5.74, 6) is -1.55. The SMILES string of the molecule is CCOC1=C(C(=O)O)C(C)c2ccc(C(F)(F)F)cc2N1CCCC(C)(C)C. The number of nitrogens with zero attached hydrogens (tertiary/aromatic N) is 1. The van der Waals surface area contributed by atoms with Crippen LogP contribution >= 0.6 is 0 Å². The normalized spacial score (nSPS) is 17.6. The number of hydrogen-bond acceptors (Lipinski definition) is 3. The fourth-order valence-electron chi connectivity index (χ4n) is 3.47. The Hall–Kier alpha value is -2.18. The minimum atomic E-state index is -4.47. The van der Waals surface area contributed by atoms with Crippen LogP contribution in [0.3, 0.4) is 0 Å². The molecule has 0 fully saturated rings. The quantitative estimate of drug-likeness (QED) is 0.658. The molecule has 0 aliphatic carbocycles. The Balaban J connectivity index is 2.57. The number of benzene rings is 1. The third kappa shape index (κ3) is 4.80. The number of carbonyl (C=O) groups is 1. The first kappa shape index (κ1) is 22.1. The van der Waals surface area contributed by atoms with Gasteiger partial charge in [0.05, 0.1) is 12.2 Å². The summed E-state index contributed by atoms with van der Waals surface area (Å²) in [7, 11) is 0. The summed E-state index contributed by atoms with van der Waals surface area (Å²) in [6, 6.07) is 3.49. The molecular weight excluding hydrogens is 371 g/mol. The lowest BCUT2D eigenvalue weighted by atomic mass is 9.86. The molecule has 1 aromatic rings. The standard InChI is InChI=1S/C21H28F3NO3/c1-6-28-18-17(19(26)27)13(2)15-9-8-14(21(22,23)24)12-16(15)25(18)11-7-10-20(3,4)5/h8-9,12-13H,6-7,10-11H2,1-5H3,(H,26,27). The van der Waals surface area contributed by atoms with Crippen LogP contribution in [0.4, 0.5) is 18.9 Å². The Labute approximate surface area is 164 Å². The zero-order chi connectivity index (χ0) is 21.3. The molecule has 0 amide bonds. The molecule has 28 heavy (non-hydrogen) atoms. The molecule has 0 bridgehead atoms. The molecule has 7 heteroatoms. The molecule has 1 aliphatic rings. The molecule has 1 N–H and O–H groups in total. The molecule has 1 heterocycles. The molecule has 0 saturated heterocycles. The van der Waals surface area contributed by atoms with E-state index >= 15 is 0 Å². The van der Waals surface area contributed by atoms with E-state index < -0.39 is 23.6 Å². The van der Waals surface area contributed by atoms with E-state index in [0.29, 0.717) is 24.2 Å². The van der Waals surface area contributed by atoms with E-state index in [1.165, 1.54) is 6.07 Å². The molecular formula is C21H28F3NO3. The number of carboxylic acids is 1. The van der Waals surface area contributed by atoms with Crippen molar-refractivity contribution in [2.45, 2.75) is 59.6 Å². The summed E-state index contributed by atoms with van der Waals surface area (Å²) < 4.78 is 45.5. The molecule has 4 nitrogen and oxygen atoms in total. The van der Waals surface area contributed by atoms with Crippen molar-refractivity contribution in [3.05, 3.63) is 40.8 Å². The second kappa shape index (κ2) is 8.05. The fraction of sp³-hybridized carbons (Fsp3) is 0.571. The predicted octanol–water partition coefficient (Wildman–Crippen LogP) is 5.79. The van der Waals surface area contributed by atoms with Crippen LogP contribution in [-0.4, -0.2) is 24.2 Å².